The Balaban J connectivity index is 0. The molecule has 2 atom stereocenters. The monoisotopic (exact) mass is 654 g/mol. The van der Waals surface area contributed by atoms with Gasteiger partial charge < -0.3 is 4.86 Å². The largest absolute Gasteiger partial charge is 0.614 e. The van der Waals surface area contributed by atoms with Gasteiger partial charge in [-0.05, 0) is 0 Å². The summed E-state index contributed by atoms with van der Waals surface area (Å²) in [5.41, 5.74) is 0. The van der Waals surface area contributed by atoms with Crippen LogP contribution >= 0.6 is 15.4 Å². The first-order chi connectivity index (χ1) is 2.79. The van der Waals surface area contributed by atoms with Gasteiger partial charge in [0, 0.05) is 0 Å². The minimum absolute atomic E-state index is 0. The fourth-order valence-corrected chi connectivity index (χ4v) is 4.02. The SMILES string of the molecule is C=[PH]1C[PH](=C)[N-]1.[Rf].[Rf]. The minimum atomic E-state index is -0.384. The maximum atomic E-state index is 4.20. The zero-order valence-electron chi connectivity index (χ0n) is 4.98. The Morgan fingerprint density at radius 2 is 1.38 bits per heavy atom. The average Bonchev–Trinajstić information content (AvgIpc) is 1.33. The van der Waals surface area contributed by atoms with E-state index < -0.39 is 0 Å². The summed E-state index contributed by atoms with van der Waals surface area (Å²) < 4.78 is 0. The van der Waals surface area contributed by atoms with Crippen LogP contribution in [0.25, 0.3) is 4.86 Å². The number of rotatable bonds is 0. The van der Waals surface area contributed by atoms with E-state index in [1.54, 1.807) is 0 Å². The van der Waals surface area contributed by atoms with E-state index in [4.69, 9.17) is 0 Å². The van der Waals surface area contributed by atoms with E-state index in [0.29, 0.717) is 0 Å². The molecule has 0 aliphatic carbocycles. The number of hydrogen-bond donors (Lipinski definition) is 0. The molecule has 1 aliphatic rings. The molecule has 1 aliphatic heterocycles. The van der Waals surface area contributed by atoms with Crippen molar-refractivity contribution in [2.75, 3.05) is 5.90 Å². The zero-order chi connectivity index (χ0) is 4.57. The van der Waals surface area contributed by atoms with E-state index >= 15 is 0 Å². The van der Waals surface area contributed by atoms with Gasteiger partial charge in [0.25, 0.3) is 0 Å². The molecule has 1 fully saturated rings. The van der Waals surface area contributed by atoms with Gasteiger partial charge in [-0.15, -0.1) is 12.6 Å². The van der Waals surface area contributed by atoms with Gasteiger partial charge in [-0.25, -0.2) is 15.4 Å². The zero-order valence-corrected chi connectivity index (χ0v) is 19.8. The number of hydrogen-bond acceptors (Lipinski definition) is 0. The van der Waals surface area contributed by atoms with Crippen LogP contribution in [0.2, 0.25) is 0 Å². The molecule has 1 nitrogen and oxygen atoms in total. The summed E-state index contributed by atoms with van der Waals surface area (Å²) in [6.07, 6.45) is 7.63. The van der Waals surface area contributed by atoms with E-state index in [2.05, 4.69) is 17.5 Å². The predicted molar refractivity (Wildman–Crippen MR) is 39.1 cm³/mol. The normalized spacial score (nSPS) is 33.5. The molecule has 1 rings (SSSR count). The van der Waals surface area contributed by atoms with E-state index in [1.807, 2.05) is 0 Å². The van der Waals surface area contributed by atoms with Crippen LogP contribution in [0, 0.1) is 0 Å². The van der Waals surface area contributed by atoms with Gasteiger partial charge in [0.2, 0.25) is 0 Å². The third-order valence-electron chi connectivity index (χ3n) is 0.724. The Bertz CT molecular complexity index is 91.9. The van der Waals surface area contributed by atoms with Crippen LogP contribution in [0.1, 0.15) is 0 Å². The van der Waals surface area contributed by atoms with Gasteiger partial charge in [-0.3, -0.25) is 0 Å². The van der Waals surface area contributed by atoms with Gasteiger partial charge >= 0.3 is 0 Å². The Labute approximate surface area is 39.6 Å². The first-order valence-electron chi connectivity index (χ1n) is 1.86. The summed E-state index contributed by atoms with van der Waals surface area (Å²) in [5.74, 6) is 1.29. The van der Waals surface area contributed by atoms with E-state index in [0.717, 1.165) is 0 Å². The molecular weight excluding hydrogens is 646 g/mol. The second-order valence-electron chi connectivity index (χ2n) is 1.42. The summed E-state index contributed by atoms with van der Waals surface area (Å²) in [7, 11) is -0.769. The first kappa shape index (κ1) is 9.75. The fourth-order valence-electron chi connectivity index (χ4n) is 0.447. The van der Waals surface area contributed by atoms with Gasteiger partial charge in [-0.1, -0.05) is 5.90 Å². The van der Waals surface area contributed by atoms with Gasteiger partial charge in [-0.2, -0.15) is 0 Å². The summed E-state index contributed by atoms with van der Waals surface area (Å²) in [6.45, 7) is 0. The molecule has 8 heavy (non-hydrogen) atoms. The Morgan fingerprint density at radius 1 is 1.12 bits per heavy atom. The van der Waals surface area contributed by atoms with Crippen LogP contribution in [0.15, 0.2) is 0 Å². The minimum Gasteiger partial charge on any atom is -0.614 e. The molecule has 0 saturated carbocycles. The molecule has 0 spiro atoms. The van der Waals surface area contributed by atoms with Crippen molar-refractivity contribution in [1.29, 1.82) is 0 Å². The van der Waals surface area contributed by atoms with Crippen LogP contribution in [0.3, 0.4) is 0 Å². The Hall–Kier alpha value is -1.44. The molecule has 0 aromatic carbocycles. The molecule has 0 bridgehead atoms. The van der Waals surface area contributed by atoms with Crippen molar-refractivity contribution in [2.24, 2.45) is 0 Å². The molecule has 40 valence electrons. The molecule has 0 aromatic heterocycles. The maximum Gasteiger partial charge on any atom is 0 e. The van der Waals surface area contributed by atoms with E-state index in [9.17, 15) is 0 Å². The average molecular weight is 654 g/mol. The summed E-state index contributed by atoms with van der Waals surface area (Å²) >= 11 is 0. The van der Waals surface area contributed by atoms with Crippen LogP contribution in [-0.4, -0.2) is 18.5 Å². The van der Waals surface area contributed by atoms with Crippen molar-refractivity contribution < 1.29 is 0 Å². The van der Waals surface area contributed by atoms with Gasteiger partial charge in [0.15, 0.2) is 0 Å². The van der Waals surface area contributed by atoms with E-state index in [-0.39, 0.29) is 15.4 Å². The second kappa shape index (κ2) is 2.69. The van der Waals surface area contributed by atoms with Crippen molar-refractivity contribution in [1.82, 2.24) is 0 Å². The van der Waals surface area contributed by atoms with Gasteiger partial charge in [0.1, 0.15) is 0 Å². The molecular formula is C3H8NP2Rf2-. The third-order valence-corrected chi connectivity index (χ3v) is 6.52. The second-order valence-corrected chi connectivity index (χ2v) is 5.99. The van der Waals surface area contributed by atoms with Crippen molar-refractivity contribution in [3.63, 3.8) is 0 Å². The van der Waals surface area contributed by atoms with Gasteiger partial charge in [0.05, 0.1) is 0 Å². The van der Waals surface area contributed by atoms with E-state index in [1.165, 1.54) is 5.90 Å². The predicted octanol–water partition coefficient (Wildman–Crippen LogP) is 1.45. The van der Waals surface area contributed by atoms with Crippen molar-refractivity contribution in [2.45, 2.75) is 0 Å². The molecule has 0 aromatic rings. The number of nitrogens with zero attached hydrogens (tertiary/aromatic N) is 1. The maximum absolute atomic E-state index is 4.20. The summed E-state index contributed by atoms with van der Waals surface area (Å²) in [4.78, 5) is 4.20. The first-order valence-corrected chi connectivity index (χ1v) is 5.58. The molecule has 5 heteroatoms. The molecule has 0 amide bonds. The van der Waals surface area contributed by atoms with Crippen LogP contribution in [-0.2, 0) is 0 Å². The molecule has 1 heterocycles. The van der Waals surface area contributed by atoms with Crippen molar-refractivity contribution in [3.8, 4) is 0 Å². The summed E-state index contributed by atoms with van der Waals surface area (Å²) in [6, 6.07) is 0. The van der Waals surface area contributed by atoms with Crippen LogP contribution in [0.4, 0.5) is 0 Å². The third kappa shape index (κ3) is 1.34. The van der Waals surface area contributed by atoms with Crippen LogP contribution < -0.4 is 0 Å². The molecule has 2 unspecified atom stereocenters. The summed E-state index contributed by atoms with van der Waals surface area (Å²) in [5, 5.41) is 0. The van der Waals surface area contributed by atoms with Crippen LogP contribution in [0.5, 0.6) is 0 Å². The quantitative estimate of drug-likeness (QED) is 0.352. The standard InChI is InChI=1S/C3H8NP2.2Rf/c1-5-3-6(2)4-5;;/h5-6H,1-3H2;;/q-1;;. The topological polar surface area (TPSA) is 14.1 Å². The van der Waals surface area contributed by atoms with Crippen molar-refractivity contribution >= 4 is 28.0 Å². The molecule has 0 radical (unpaired) electrons. The van der Waals surface area contributed by atoms with Crippen molar-refractivity contribution in [3.05, 3.63) is 4.86 Å². The molecule has 0 N–H and O–H groups in total. The Morgan fingerprint density at radius 3 is 1.38 bits per heavy atom. The smallest absolute Gasteiger partial charge is 0 e. The fraction of sp³-hybridized carbons (Fsp3) is 0.333. The molecule has 1 saturated heterocycles. The Kier molecular flexibility index (Phi) is 3.28.